The van der Waals surface area contributed by atoms with Crippen LogP contribution in [-0.2, 0) is 0 Å². The molecule has 1 fully saturated rings. The topological polar surface area (TPSA) is 23.8 Å². The molecule has 56 valence electrons. The van der Waals surface area contributed by atoms with E-state index in [0.29, 0.717) is 0 Å². The van der Waals surface area contributed by atoms with Gasteiger partial charge in [-0.1, -0.05) is 6.42 Å². The van der Waals surface area contributed by atoms with E-state index >= 15 is 0 Å². The van der Waals surface area contributed by atoms with Crippen LogP contribution in [0.5, 0.6) is 0 Å². The minimum atomic E-state index is -0.142. The summed E-state index contributed by atoms with van der Waals surface area (Å²) in [6, 6.07) is 2.14. The Hall–Kier alpha value is 0.0700. The molecule has 0 aromatic carbocycles. The molecule has 1 saturated carbocycles. The van der Waals surface area contributed by atoms with Crippen LogP contribution < -0.4 is 0 Å². The van der Waals surface area contributed by atoms with E-state index in [1.165, 1.54) is 0 Å². The van der Waals surface area contributed by atoms with Crippen molar-refractivity contribution >= 4 is 23.2 Å². The van der Waals surface area contributed by atoms with E-state index in [4.69, 9.17) is 28.5 Å². The number of hydrogen-bond donors (Lipinski definition) is 0. The summed E-state index contributed by atoms with van der Waals surface area (Å²) in [6.45, 7) is 0. The van der Waals surface area contributed by atoms with Crippen LogP contribution in [0, 0.1) is 17.2 Å². The van der Waals surface area contributed by atoms with E-state index in [1.807, 2.05) is 0 Å². The zero-order valence-corrected chi connectivity index (χ0v) is 7.07. The first kappa shape index (κ1) is 8.17. The normalized spacial score (nSPS) is 40.7. The number of rotatable bonds is 0. The van der Waals surface area contributed by atoms with Crippen molar-refractivity contribution in [2.75, 3.05) is 0 Å². The Balaban J connectivity index is 2.56. The SMILES string of the molecule is N#CC1C(Cl)CCCC1Cl. The summed E-state index contributed by atoms with van der Waals surface area (Å²) in [5, 5.41) is 8.56. The molecule has 0 N–H and O–H groups in total. The Morgan fingerprint density at radius 2 is 1.70 bits per heavy atom. The lowest BCUT2D eigenvalue weighted by Gasteiger charge is -2.25. The molecule has 1 nitrogen and oxygen atoms in total. The number of hydrogen-bond acceptors (Lipinski definition) is 1. The van der Waals surface area contributed by atoms with Gasteiger partial charge in [0.2, 0.25) is 0 Å². The number of alkyl halides is 2. The minimum Gasteiger partial charge on any atom is -0.198 e. The Labute approximate surface area is 70.9 Å². The monoisotopic (exact) mass is 177 g/mol. The van der Waals surface area contributed by atoms with Crippen LogP contribution in [-0.4, -0.2) is 10.8 Å². The minimum absolute atomic E-state index is 0.0266. The first-order chi connectivity index (χ1) is 4.75. The van der Waals surface area contributed by atoms with Crippen LogP contribution in [0.4, 0.5) is 0 Å². The third-order valence-electron chi connectivity index (χ3n) is 1.89. The van der Waals surface area contributed by atoms with E-state index in [9.17, 15) is 0 Å². The molecule has 2 atom stereocenters. The molecule has 1 aliphatic rings. The molecule has 0 aliphatic heterocycles. The van der Waals surface area contributed by atoms with E-state index in [0.717, 1.165) is 19.3 Å². The molecule has 0 aromatic heterocycles. The third-order valence-corrected chi connectivity index (χ3v) is 2.87. The quantitative estimate of drug-likeness (QED) is 0.523. The fourth-order valence-electron chi connectivity index (χ4n) is 1.26. The second-order valence-electron chi connectivity index (χ2n) is 2.62. The molecule has 10 heavy (non-hydrogen) atoms. The average Bonchev–Trinajstić information content (AvgIpc) is 1.88. The van der Waals surface area contributed by atoms with Crippen LogP contribution in [0.1, 0.15) is 19.3 Å². The second-order valence-corrected chi connectivity index (χ2v) is 3.74. The molecule has 0 radical (unpaired) electrons. The highest BCUT2D eigenvalue weighted by atomic mass is 35.5. The van der Waals surface area contributed by atoms with Gasteiger partial charge in [-0.3, -0.25) is 0 Å². The predicted octanol–water partition coefficient (Wildman–Crippen LogP) is 2.52. The summed E-state index contributed by atoms with van der Waals surface area (Å²) in [4.78, 5) is 0. The maximum absolute atomic E-state index is 8.61. The maximum atomic E-state index is 8.61. The van der Waals surface area contributed by atoms with E-state index in [-0.39, 0.29) is 16.7 Å². The third kappa shape index (κ3) is 1.56. The van der Waals surface area contributed by atoms with Gasteiger partial charge in [0.05, 0.1) is 22.7 Å². The fourth-order valence-corrected chi connectivity index (χ4v) is 2.10. The van der Waals surface area contributed by atoms with Gasteiger partial charge in [0.15, 0.2) is 0 Å². The molecule has 1 aliphatic carbocycles. The molecule has 1 rings (SSSR count). The highest BCUT2D eigenvalue weighted by Crippen LogP contribution is 2.31. The van der Waals surface area contributed by atoms with Crippen LogP contribution in [0.3, 0.4) is 0 Å². The molecule has 0 saturated heterocycles. The van der Waals surface area contributed by atoms with Crippen LogP contribution in [0.2, 0.25) is 0 Å². The van der Waals surface area contributed by atoms with E-state index in [2.05, 4.69) is 6.07 Å². The van der Waals surface area contributed by atoms with Crippen LogP contribution >= 0.6 is 23.2 Å². The lowest BCUT2D eigenvalue weighted by Crippen LogP contribution is -2.27. The summed E-state index contributed by atoms with van der Waals surface area (Å²) in [5.74, 6) is -0.142. The van der Waals surface area contributed by atoms with Crippen molar-refractivity contribution < 1.29 is 0 Å². The van der Waals surface area contributed by atoms with Gasteiger partial charge < -0.3 is 0 Å². The van der Waals surface area contributed by atoms with E-state index in [1.54, 1.807) is 0 Å². The fraction of sp³-hybridized carbons (Fsp3) is 0.857. The van der Waals surface area contributed by atoms with Crippen molar-refractivity contribution in [1.82, 2.24) is 0 Å². The Bertz CT molecular complexity index is 142. The van der Waals surface area contributed by atoms with Crippen LogP contribution in [0.15, 0.2) is 0 Å². The highest BCUT2D eigenvalue weighted by molar-refractivity contribution is 6.24. The summed E-state index contributed by atoms with van der Waals surface area (Å²) >= 11 is 11.7. The van der Waals surface area contributed by atoms with Crippen molar-refractivity contribution in [3.05, 3.63) is 0 Å². The molecule has 0 spiro atoms. The van der Waals surface area contributed by atoms with Gasteiger partial charge in [-0.15, -0.1) is 23.2 Å². The molecular formula is C7H9Cl2N. The van der Waals surface area contributed by atoms with Gasteiger partial charge in [-0.25, -0.2) is 0 Å². The van der Waals surface area contributed by atoms with Crippen molar-refractivity contribution in [3.8, 4) is 6.07 Å². The molecule has 0 aromatic rings. The van der Waals surface area contributed by atoms with Crippen molar-refractivity contribution in [2.45, 2.75) is 30.0 Å². The lowest BCUT2D eigenvalue weighted by atomic mass is 9.89. The molecular weight excluding hydrogens is 169 g/mol. The largest absolute Gasteiger partial charge is 0.198 e. The maximum Gasteiger partial charge on any atom is 0.0790 e. The summed E-state index contributed by atoms with van der Waals surface area (Å²) in [6.07, 6.45) is 2.92. The molecule has 3 heteroatoms. The number of halogens is 2. The Kier molecular flexibility index (Phi) is 2.82. The van der Waals surface area contributed by atoms with Gasteiger partial charge in [-0.2, -0.15) is 5.26 Å². The van der Waals surface area contributed by atoms with Gasteiger partial charge in [0.25, 0.3) is 0 Å². The molecule has 2 unspecified atom stereocenters. The number of nitrogens with zero attached hydrogens (tertiary/aromatic N) is 1. The highest BCUT2D eigenvalue weighted by Gasteiger charge is 2.30. The van der Waals surface area contributed by atoms with Crippen molar-refractivity contribution in [3.63, 3.8) is 0 Å². The van der Waals surface area contributed by atoms with Gasteiger partial charge in [-0.05, 0) is 12.8 Å². The van der Waals surface area contributed by atoms with Crippen LogP contribution in [0.25, 0.3) is 0 Å². The zero-order valence-electron chi connectivity index (χ0n) is 5.56. The summed E-state index contributed by atoms with van der Waals surface area (Å²) in [7, 11) is 0. The Morgan fingerprint density at radius 1 is 1.20 bits per heavy atom. The van der Waals surface area contributed by atoms with Gasteiger partial charge in [0, 0.05) is 0 Å². The zero-order chi connectivity index (χ0) is 7.56. The van der Waals surface area contributed by atoms with Gasteiger partial charge >= 0.3 is 0 Å². The first-order valence-electron chi connectivity index (χ1n) is 3.43. The average molecular weight is 178 g/mol. The Morgan fingerprint density at radius 3 is 2.00 bits per heavy atom. The van der Waals surface area contributed by atoms with Gasteiger partial charge in [0.1, 0.15) is 0 Å². The summed E-state index contributed by atoms with van der Waals surface area (Å²) < 4.78 is 0. The van der Waals surface area contributed by atoms with E-state index < -0.39 is 0 Å². The molecule has 0 amide bonds. The second kappa shape index (κ2) is 3.46. The smallest absolute Gasteiger partial charge is 0.0790 e. The number of nitriles is 1. The summed E-state index contributed by atoms with van der Waals surface area (Å²) in [5.41, 5.74) is 0. The molecule has 0 heterocycles. The predicted molar refractivity (Wildman–Crippen MR) is 42.2 cm³/mol. The van der Waals surface area contributed by atoms with Crippen molar-refractivity contribution in [2.24, 2.45) is 5.92 Å². The standard InChI is InChI=1S/C7H9Cl2N/c8-6-2-1-3-7(9)5(6)4-10/h5-7H,1-3H2. The lowest BCUT2D eigenvalue weighted by molar-refractivity contribution is 0.441. The van der Waals surface area contributed by atoms with Crippen molar-refractivity contribution in [1.29, 1.82) is 5.26 Å². The first-order valence-corrected chi connectivity index (χ1v) is 4.30. The molecule has 0 bridgehead atoms.